The van der Waals surface area contributed by atoms with E-state index in [1.54, 1.807) is 0 Å². The highest BCUT2D eigenvalue weighted by Gasteiger charge is 2.36. The Kier molecular flexibility index (Phi) is 2.15. The van der Waals surface area contributed by atoms with Crippen LogP contribution in [0.5, 0.6) is 0 Å². The maximum atomic E-state index is 12.5. The number of hydrogen-bond acceptors (Lipinski definition) is 1. The number of hydrogen-bond donors (Lipinski definition) is 0. The average Bonchev–Trinajstić information content (AvgIpc) is 2.43. The number of benzene rings is 1. The zero-order valence-electron chi connectivity index (χ0n) is 7.64. The molecule has 0 saturated carbocycles. The zero-order valence-corrected chi connectivity index (χ0v) is 8.39. The molecule has 0 aliphatic heterocycles. The van der Waals surface area contributed by atoms with Gasteiger partial charge in [-0.2, -0.15) is 13.2 Å². The van der Waals surface area contributed by atoms with E-state index in [9.17, 15) is 13.2 Å². The van der Waals surface area contributed by atoms with Gasteiger partial charge >= 0.3 is 6.18 Å². The van der Waals surface area contributed by atoms with E-state index in [-0.39, 0.29) is 5.52 Å². The molecule has 15 heavy (non-hydrogen) atoms. The van der Waals surface area contributed by atoms with Crippen molar-refractivity contribution >= 4 is 22.6 Å². The molecule has 2 nitrogen and oxygen atoms in total. The molecule has 1 aromatic carbocycles. The lowest BCUT2D eigenvalue weighted by atomic mass is 10.3. The van der Waals surface area contributed by atoms with Crippen molar-refractivity contribution in [1.29, 1.82) is 0 Å². The number of aromatic nitrogens is 2. The van der Waals surface area contributed by atoms with Gasteiger partial charge in [0.15, 0.2) is 0 Å². The summed E-state index contributed by atoms with van der Waals surface area (Å²) < 4.78 is 38.4. The number of rotatable bonds is 0. The van der Waals surface area contributed by atoms with Gasteiger partial charge in [-0.05, 0) is 18.2 Å². The van der Waals surface area contributed by atoms with Crippen LogP contribution in [-0.2, 0) is 13.2 Å². The molecular formula is C9H6ClF3N2. The molecule has 0 fully saturated rings. The van der Waals surface area contributed by atoms with E-state index < -0.39 is 12.0 Å². The van der Waals surface area contributed by atoms with Crippen molar-refractivity contribution in [3.05, 3.63) is 29.0 Å². The van der Waals surface area contributed by atoms with Gasteiger partial charge in [0.2, 0.25) is 5.82 Å². The van der Waals surface area contributed by atoms with E-state index in [2.05, 4.69) is 4.98 Å². The van der Waals surface area contributed by atoms with Crippen molar-refractivity contribution in [2.24, 2.45) is 7.05 Å². The lowest BCUT2D eigenvalue weighted by Crippen LogP contribution is -2.12. The Labute approximate surface area is 88.3 Å². The van der Waals surface area contributed by atoms with Gasteiger partial charge in [-0.1, -0.05) is 11.6 Å². The standard InChI is InChI=1S/C9H6ClF3N2/c1-15-7-4-5(10)2-3-6(7)14-8(15)9(11,12)13/h2-4H,1H3. The molecule has 1 heterocycles. The molecular weight excluding hydrogens is 229 g/mol. The maximum Gasteiger partial charge on any atom is 0.449 e. The first-order valence-corrected chi connectivity index (χ1v) is 4.46. The van der Waals surface area contributed by atoms with Crippen LogP contribution in [0.2, 0.25) is 5.02 Å². The van der Waals surface area contributed by atoms with Crippen LogP contribution in [0, 0.1) is 0 Å². The number of halogens is 4. The second-order valence-corrected chi connectivity index (χ2v) is 3.56. The lowest BCUT2D eigenvalue weighted by Gasteiger charge is -2.05. The Morgan fingerprint density at radius 1 is 1.33 bits per heavy atom. The topological polar surface area (TPSA) is 17.8 Å². The Hall–Kier alpha value is -1.23. The molecule has 6 heteroatoms. The monoisotopic (exact) mass is 234 g/mol. The summed E-state index contributed by atoms with van der Waals surface area (Å²) in [6, 6.07) is 4.43. The summed E-state index contributed by atoms with van der Waals surface area (Å²) in [5, 5.41) is 0.388. The summed E-state index contributed by atoms with van der Waals surface area (Å²) in [6.07, 6.45) is -4.44. The summed E-state index contributed by atoms with van der Waals surface area (Å²) in [5.74, 6) is -0.917. The van der Waals surface area contributed by atoms with Crippen molar-refractivity contribution in [3.63, 3.8) is 0 Å². The van der Waals surface area contributed by atoms with Gasteiger partial charge in [0.05, 0.1) is 11.0 Å². The van der Waals surface area contributed by atoms with Crippen LogP contribution in [0.1, 0.15) is 5.82 Å². The van der Waals surface area contributed by atoms with E-state index in [0.29, 0.717) is 10.5 Å². The molecule has 0 spiro atoms. The summed E-state index contributed by atoms with van der Waals surface area (Å²) in [7, 11) is 1.31. The highest BCUT2D eigenvalue weighted by molar-refractivity contribution is 6.31. The van der Waals surface area contributed by atoms with E-state index >= 15 is 0 Å². The highest BCUT2D eigenvalue weighted by atomic mass is 35.5. The molecule has 0 saturated heterocycles. The van der Waals surface area contributed by atoms with Gasteiger partial charge in [0, 0.05) is 12.1 Å². The molecule has 2 aromatic rings. The molecule has 0 N–H and O–H groups in total. The van der Waals surface area contributed by atoms with Crippen molar-refractivity contribution in [2.45, 2.75) is 6.18 Å². The summed E-state index contributed by atoms with van der Waals surface area (Å²) in [5.41, 5.74) is 0.657. The van der Waals surface area contributed by atoms with Crippen LogP contribution in [0.4, 0.5) is 13.2 Å². The lowest BCUT2D eigenvalue weighted by molar-refractivity contribution is -0.146. The fourth-order valence-corrected chi connectivity index (χ4v) is 1.58. The Bertz CT molecular complexity index is 516. The fourth-order valence-electron chi connectivity index (χ4n) is 1.42. The van der Waals surface area contributed by atoms with Crippen molar-refractivity contribution < 1.29 is 13.2 Å². The minimum Gasteiger partial charge on any atom is -0.323 e. The minimum absolute atomic E-state index is 0.286. The fraction of sp³-hybridized carbons (Fsp3) is 0.222. The summed E-state index contributed by atoms with van der Waals surface area (Å²) >= 11 is 5.69. The first-order chi connectivity index (χ1) is 6.89. The van der Waals surface area contributed by atoms with Gasteiger partial charge in [-0.3, -0.25) is 0 Å². The zero-order chi connectivity index (χ0) is 11.2. The van der Waals surface area contributed by atoms with Crippen LogP contribution >= 0.6 is 11.6 Å². The van der Waals surface area contributed by atoms with Crippen LogP contribution in [0.3, 0.4) is 0 Å². The van der Waals surface area contributed by atoms with Crippen molar-refractivity contribution in [1.82, 2.24) is 9.55 Å². The summed E-state index contributed by atoms with van der Waals surface area (Å²) in [4.78, 5) is 3.50. The number of fused-ring (bicyclic) bond motifs is 1. The quantitative estimate of drug-likeness (QED) is 0.684. The number of nitrogens with zero attached hydrogens (tertiary/aromatic N) is 2. The molecule has 0 aliphatic carbocycles. The third-order valence-electron chi connectivity index (χ3n) is 2.10. The predicted octanol–water partition coefficient (Wildman–Crippen LogP) is 3.25. The van der Waals surface area contributed by atoms with Gasteiger partial charge in [-0.25, -0.2) is 4.98 Å². The molecule has 0 amide bonds. The van der Waals surface area contributed by atoms with Crippen molar-refractivity contribution in [2.75, 3.05) is 0 Å². The van der Waals surface area contributed by atoms with Gasteiger partial charge in [0.1, 0.15) is 0 Å². The predicted molar refractivity (Wildman–Crippen MR) is 50.7 cm³/mol. The third-order valence-corrected chi connectivity index (χ3v) is 2.33. The molecule has 0 aliphatic rings. The third kappa shape index (κ3) is 1.67. The molecule has 2 rings (SSSR count). The largest absolute Gasteiger partial charge is 0.449 e. The molecule has 80 valence electrons. The second kappa shape index (κ2) is 3.13. The number of aryl methyl sites for hydroxylation is 1. The summed E-state index contributed by atoms with van der Waals surface area (Å²) in [6.45, 7) is 0. The first-order valence-electron chi connectivity index (χ1n) is 4.09. The van der Waals surface area contributed by atoms with Crippen LogP contribution < -0.4 is 0 Å². The highest BCUT2D eigenvalue weighted by Crippen LogP contribution is 2.31. The average molecular weight is 235 g/mol. The molecule has 0 radical (unpaired) electrons. The molecule has 0 atom stereocenters. The molecule has 0 bridgehead atoms. The Morgan fingerprint density at radius 3 is 2.60 bits per heavy atom. The van der Waals surface area contributed by atoms with Crippen LogP contribution in [0.25, 0.3) is 11.0 Å². The Morgan fingerprint density at radius 2 is 2.00 bits per heavy atom. The maximum absolute atomic E-state index is 12.5. The van der Waals surface area contributed by atoms with Crippen LogP contribution in [0.15, 0.2) is 18.2 Å². The second-order valence-electron chi connectivity index (χ2n) is 3.13. The smallest absolute Gasteiger partial charge is 0.323 e. The SMILES string of the molecule is Cn1c(C(F)(F)F)nc2ccc(Cl)cc21. The molecule has 1 aromatic heterocycles. The van der Waals surface area contributed by atoms with Crippen LogP contribution in [-0.4, -0.2) is 9.55 Å². The van der Waals surface area contributed by atoms with E-state index in [4.69, 9.17) is 11.6 Å². The van der Waals surface area contributed by atoms with E-state index in [1.165, 1.54) is 25.2 Å². The molecule has 0 unspecified atom stereocenters. The Balaban J connectivity index is 2.76. The van der Waals surface area contributed by atoms with Gasteiger partial charge < -0.3 is 4.57 Å². The van der Waals surface area contributed by atoms with E-state index in [1.807, 2.05) is 0 Å². The van der Waals surface area contributed by atoms with Gasteiger partial charge in [-0.15, -0.1) is 0 Å². The van der Waals surface area contributed by atoms with Crippen molar-refractivity contribution in [3.8, 4) is 0 Å². The van der Waals surface area contributed by atoms with Gasteiger partial charge in [0.25, 0.3) is 0 Å². The van der Waals surface area contributed by atoms with E-state index in [0.717, 1.165) is 4.57 Å². The normalized spacial score (nSPS) is 12.3. The minimum atomic E-state index is -4.44. The number of alkyl halides is 3. The number of imidazole rings is 1. The first kappa shape index (κ1) is 10.3.